The van der Waals surface area contributed by atoms with Crippen LogP contribution in [0, 0.1) is 10.1 Å². The minimum absolute atomic E-state index is 0.0540. The predicted octanol–water partition coefficient (Wildman–Crippen LogP) is 2.21. The number of fused-ring (bicyclic) bond motifs is 1. The van der Waals surface area contributed by atoms with Gasteiger partial charge in [0.25, 0.3) is 0 Å². The average Bonchev–Trinajstić information content (AvgIpc) is 2.71. The highest BCUT2D eigenvalue weighted by molar-refractivity contribution is 5.87. The van der Waals surface area contributed by atoms with Crippen molar-refractivity contribution in [3.05, 3.63) is 39.7 Å². The summed E-state index contributed by atoms with van der Waals surface area (Å²) in [6, 6.07) is 5.37. The van der Waals surface area contributed by atoms with Gasteiger partial charge in [0.2, 0.25) is 5.70 Å². The summed E-state index contributed by atoms with van der Waals surface area (Å²) >= 11 is 0. The van der Waals surface area contributed by atoms with Crippen molar-refractivity contribution in [3.8, 4) is 5.75 Å². The smallest absolute Gasteiger partial charge is 0.245 e. The lowest BCUT2D eigenvalue weighted by atomic mass is 10.2. The minimum Gasteiger partial charge on any atom is -0.497 e. The summed E-state index contributed by atoms with van der Waals surface area (Å²) in [5.74, 6) is 0.687. The number of nitro groups is 1. The van der Waals surface area contributed by atoms with Crippen molar-refractivity contribution in [2.75, 3.05) is 7.11 Å². The third-order valence-corrected chi connectivity index (χ3v) is 2.43. The molecule has 1 aromatic heterocycles. The first-order valence-electron chi connectivity index (χ1n) is 4.96. The maximum absolute atomic E-state index is 10.6. The SMILES string of the molecule is COc1ccc2n[nH]c(/C=C(\C)[N+](=O)[O-])c2c1. The molecule has 0 radical (unpaired) electrons. The van der Waals surface area contributed by atoms with Crippen LogP contribution in [0.1, 0.15) is 12.6 Å². The van der Waals surface area contributed by atoms with Crippen molar-refractivity contribution in [2.24, 2.45) is 0 Å². The molecule has 2 aromatic rings. The second kappa shape index (κ2) is 4.25. The lowest BCUT2D eigenvalue weighted by molar-refractivity contribution is -0.422. The Balaban J connectivity index is 2.55. The molecular weight excluding hydrogens is 222 g/mol. The standard InChI is InChI=1S/C11H11N3O3/c1-7(14(15)16)5-11-9-6-8(17-2)3-4-10(9)12-13-11/h3-6H,1-2H3,(H,12,13)/b7-5+. The summed E-state index contributed by atoms with van der Waals surface area (Å²) in [5, 5.41) is 18.2. The summed E-state index contributed by atoms with van der Waals surface area (Å²) in [6.07, 6.45) is 1.45. The highest BCUT2D eigenvalue weighted by Crippen LogP contribution is 2.23. The molecule has 1 N–H and O–H groups in total. The zero-order valence-corrected chi connectivity index (χ0v) is 9.43. The quantitative estimate of drug-likeness (QED) is 0.650. The summed E-state index contributed by atoms with van der Waals surface area (Å²) in [6.45, 7) is 1.44. The summed E-state index contributed by atoms with van der Waals surface area (Å²) < 4.78 is 5.10. The number of hydrogen-bond donors (Lipinski definition) is 1. The number of benzene rings is 1. The average molecular weight is 233 g/mol. The van der Waals surface area contributed by atoms with Gasteiger partial charge < -0.3 is 4.74 Å². The molecule has 0 aliphatic rings. The molecule has 1 heterocycles. The lowest BCUT2D eigenvalue weighted by Gasteiger charge is -1.98. The molecule has 0 aliphatic heterocycles. The van der Waals surface area contributed by atoms with Gasteiger partial charge in [-0.2, -0.15) is 5.10 Å². The van der Waals surface area contributed by atoms with Crippen molar-refractivity contribution < 1.29 is 9.66 Å². The summed E-state index contributed by atoms with van der Waals surface area (Å²) in [4.78, 5) is 10.1. The summed E-state index contributed by atoms with van der Waals surface area (Å²) in [5.41, 5.74) is 1.40. The molecule has 0 amide bonds. The van der Waals surface area contributed by atoms with Crippen molar-refractivity contribution >= 4 is 17.0 Å². The first-order chi connectivity index (χ1) is 8.11. The Labute approximate surface area is 97.0 Å². The molecule has 0 atom stereocenters. The topological polar surface area (TPSA) is 81.0 Å². The molecule has 88 valence electrons. The van der Waals surface area contributed by atoms with E-state index in [-0.39, 0.29) is 5.70 Å². The molecule has 0 aliphatic carbocycles. The molecule has 0 bridgehead atoms. The van der Waals surface area contributed by atoms with Gasteiger partial charge in [0.1, 0.15) is 5.75 Å². The first-order valence-corrected chi connectivity index (χ1v) is 4.96. The number of allylic oxidation sites excluding steroid dienone is 1. The van der Waals surface area contributed by atoms with Gasteiger partial charge in [0.15, 0.2) is 0 Å². The van der Waals surface area contributed by atoms with E-state index in [0.717, 1.165) is 10.9 Å². The molecule has 2 rings (SSSR count). The second-order valence-corrected chi connectivity index (χ2v) is 3.56. The van der Waals surface area contributed by atoms with E-state index in [2.05, 4.69) is 10.2 Å². The largest absolute Gasteiger partial charge is 0.497 e. The number of nitrogens with zero attached hydrogens (tertiary/aromatic N) is 2. The Morgan fingerprint density at radius 3 is 3.00 bits per heavy atom. The Morgan fingerprint density at radius 1 is 1.59 bits per heavy atom. The Hall–Kier alpha value is -2.37. The molecule has 0 unspecified atom stereocenters. The van der Waals surface area contributed by atoms with E-state index in [1.165, 1.54) is 13.0 Å². The van der Waals surface area contributed by atoms with E-state index in [4.69, 9.17) is 4.74 Å². The van der Waals surface area contributed by atoms with Crippen LogP contribution in [0.3, 0.4) is 0 Å². The van der Waals surface area contributed by atoms with Crippen LogP contribution in [0.2, 0.25) is 0 Å². The number of hydrogen-bond acceptors (Lipinski definition) is 4. The first kappa shape index (κ1) is 11.1. The fourth-order valence-corrected chi connectivity index (χ4v) is 1.51. The molecule has 0 fully saturated rings. The van der Waals surface area contributed by atoms with Crippen LogP contribution in [0.15, 0.2) is 23.9 Å². The zero-order chi connectivity index (χ0) is 12.4. The van der Waals surface area contributed by atoms with Crippen LogP contribution < -0.4 is 4.74 Å². The van der Waals surface area contributed by atoms with E-state index < -0.39 is 4.92 Å². The number of ether oxygens (including phenoxy) is 1. The van der Waals surface area contributed by atoms with Gasteiger partial charge >= 0.3 is 0 Å². The normalized spacial score (nSPS) is 11.8. The molecular formula is C11H11N3O3. The Kier molecular flexibility index (Phi) is 2.78. The molecule has 1 aromatic carbocycles. The van der Waals surface area contributed by atoms with E-state index >= 15 is 0 Å². The molecule has 0 saturated heterocycles. The Morgan fingerprint density at radius 2 is 2.35 bits per heavy atom. The van der Waals surface area contributed by atoms with E-state index in [0.29, 0.717) is 11.4 Å². The van der Waals surface area contributed by atoms with Gasteiger partial charge in [0, 0.05) is 18.4 Å². The number of nitrogens with one attached hydrogen (secondary N) is 1. The van der Waals surface area contributed by atoms with Crippen molar-refractivity contribution in [1.29, 1.82) is 0 Å². The summed E-state index contributed by atoms with van der Waals surface area (Å²) in [7, 11) is 1.57. The van der Waals surface area contributed by atoms with E-state index in [1.807, 2.05) is 0 Å². The third-order valence-electron chi connectivity index (χ3n) is 2.43. The predicted molar refractivity (Wildman–Crippen MR) is 63.3 cm³/mol. The van der Waals surface area contributed by atoms with Crippen LogP contribution in [-0.2, 0) is 0 Å². The fraction of sp³-hybridized carbons (Fsp3) is 0.182. The molecule has 6 nitrogen and oxygen atoms in total. The van der Waals surface area contributed by atoms with Crippen LogP contribution in [-0.4, -0.2) is 22.2 Å². The van der Waals surface area contributed by atoms with E-state index in [1.54, 1.807) is 25.3 Å². The zero-order valence-electron chi connectivity index (χ0n) is 9.43. The van der Waals surface area contributed by atoms with Crippen LogP contribution in [0.5, 0.6) is 5.75 Å². The maximum atomic E-state index is 10.6. The monoisotopic (exact) mass is 233 g/mol. The van der Waals surface area contributed by atoms with Gasteiger partial charge in [-0.1, -0.05) is 0 Å². The van der Waals surface area contributed by atoms with E-state index in [9.17, 15) is 10.1 Å². The molecule has 0 saturated carbocycles. The van der Waals surface area contributed by atoms with Gasteiger partial charge in [-0.3, -0.25) is 15.2 Å². The molecule has 17 heavy (non-hydrogen) atoms. The van der Waals surface area contributed by atoms with Crippen LogP contribution in [0.25, 0.3) is 17.0 Å². The number of aromatic nitrogens is 2. The van der Waals surface area contributed by atoms with Crippen molar-refractivity contribution in [1.82, 2.24) is 10.2 Å². The highest BCUT2D eigenvalue weighted by atomic mass is 16.6. The van der Waals surface area contributed by atoms with Gasteiger partial charge in [-0.05, 0) is 18.2 Å². The highest BCUT2D eigenvalue weighted by Gasteiger charge is 2.08. The number of rotatable bonds is 3. The van der Waals surface area contributed by atoms with Gasteiger partial charge in [-0.15, -0.1) is 0 Å². The lowest BCUT2D eigenvalue weighted by Crippen LogP contribution is -1.93. The molecule has 0 spiro atoms. The third kappa shape index (κ3) is 2.10. The van der Waals surface area contributed by atoms with Crippen molar-refractivity contribution in [2.45, 2.75) is 6.92 Å². The number of aromatic amines is 1. The maximum Gasteiger partial charge on any atom is 0.245 e. The minimum atomic E-state index is -0.438. The molecule has 6 heteroatoms. The Bertz CT molecular complexity index is 601. The van der Waals surface area contributed by atoms with Crippen LogP contribution in [0.4, 0.5) is 0 Å². The number of H-pyrrole nitrogens is 1. The number of methoxy groups -OCH3 is 1. The van der Waals surface area contributed by atoms with Gasteiger partial charge in [0.05, 0.1) is 23.2 Å². The van der Waals surface area contributed by atoms with Gasteiger partial charge in [-0.25, -0.2) is 0 Å². The fourth-order valence-electron chi connectivity index (χ4n) is 1.51. The van der Waals surface area contributed by atoms with Crippen LogP contribution >= 0.6 is 0 Å². The second-order valence-electron chi connectivity index (χ2n) is 3.56. The van der Waals surface area contributed by atoms with Crippen molar-refractivity contribution in [3.63, 3.8) is 0 Å².